The highest BCUT2D eigenvalue weighted by Crippen LogP contribution is 2.24. The topological polar surface area (TPSA) is 60.2 Å². The maximum absolute atomic E-state index is 13.1. The van der Waals surface area contributed by atoms with E-state index in [0.717, 1.165) is 28.0 Å². The molecule has 2 aromatic heterocycles. The minimum Gasteiger partial charge on any atom is -0.496 e. The first-order chi connectivity index (χ1) is 12.4. The van der Waals surface area contributed by atoms with Crippen LogP contribution in [-0.2, 0) is 6.54 Å². The van der Waals surface area contributed by atoms with Crippen molar-refractivity contribution >= 4 is 16.9 Å². The summed E-state index contributed by atoms with van der Waals surface area (Å²) in [4.78, 5) is 19.4. The SMILES string of the molecule is COc1ccccc1CN(C)C(=O)c1cc(C)nc2c1cnn2C(C)C. The zero-order valence-electron chi connectivity index (χ0n) is 15.9. The molecule has 136 valence electrons. The van der Waals surface area contributed by atoms with E-state index in [9.17, 15) is 4.79 Å². The van der Waals surface area contributed by atoms with Gasteiger partial charge in [0, 0.05) is 30.9 Å². The van der Waals surface area contributed by atoms with Crippen molar-refractivity contribution in [3.8, 4) is 5.75 Å². The molecule has 0 unspecified atom stereocenters. The minimum absolute atomic E-state index is 0.0605. The van der Waals surface area contributed by atoms with Gasteiger partial charge in [0.05, 0.1) is 24.3 Å². The Morgan fingerprint density at radius 1 is 1.31 bits per heavy atom. The fraction of sp³-hybridized carbons (Fsp3) is 0.350. The molecule has 0 aliphatic rings. The summed E-state index contributed by atoms with van der Waals surface area (Å²) in [6.45, 7) is 6.45. The Bertz CT molecular complexity index is 946. The molecule has 0 radical (unpaired) electrons. The van der Waals surface area contributed by atoms with Crippen LogP contribution in [0.2, 0.25) is 0 Å². The molecule has 0 saturated heterocycles. The Balaban J connectivity index is 1.97. The number of hydrogen-bond donors (Lipinski definition) is 0. The van der Waals surface area contributed by atoms with Crippen LogP contribution < -0.4 is 4.74 Å². The number of aryl methyl sites for hydroxylation is 1. The lowest BCUT2D eigenvalue weighted by Crippen LogP contribution is -2.26. The van der Waals surface area contributed by atoms with Gasteiger partial charge in [-0.15, -0.1) is 0 Å². The van der Waals surface area contributed by atoms with Gasteiger partial charge in [-0.05, 0) is 32.9 Å². The molecule has 2 heterocycles. The molecule has 6 heteroatoms. The van der Waals surface area contributed by atoms with E-state index < -0.39 is 0 Å². The molecule has 0 saturated carbocycles. The Hall–Kier alpha value is -2.89. The number of benzene rings is 1. The monoisotopic (exact) mass is 352 g/mol. The summed E-state index contributed by atoms with van der Waals surface area (Å²) in [7, 11) is 3.43. The Morgan fingerprint density at radius 2 is 2.04 bits per heavy atom. The standard InChI is InChI=1S/C20H24N4O2/c1-13(2)24-19-17(11-21-24)16(10-14(3)22-19)20(25)23(4)12-15-8-6-7-9-18(15)26-5/h6-11,13H,12H2,1-5H3. The molecule has 1 amide bonds. The highest BCUT2D eigenvalue weighted by Gasteiger charge is 2.20. The normalized spacial score (nSPS) is 11.2. The number of pyridine rings is 1. The number of carbonyl (C=O) groups is 1. The van der Waals surface area contributed by atoms with Crippen LogP contribution in [0.1, 0.15) is 41.5 Å². The van der Waals surface area contributed by atoms with E-state index in [-0.39, 0.29) is 11.9 Å². The molecule has 0 aliphatic carbocycles. The number of fused-ring (bicyclic) bond motifs is 1. The summed E-state index contributed by atoms with van der Waals surface area (Å²) in [5, 5.41) is 5.19. The quantitative estimate of drug-likeness (QED) is 0.704. The highest BCUT2D eigenvalue weighted by atomic mass is 16.5. The van der Waals surface area contributed by atoms with Crippen molar-refractivity contribution in [1.82, 2.24) is 19.7 Å². The molecule has 0 fully saturated rings. The van der Waals surface area contributed by atoms with Crippen molar-refractivity contribution in [2.24, 2.45) is 0 Å². The van der Waals surface area contributed by atoms with E-state index >= 15 is 0 Å². The third-order valence-electron chi connectivity index (χ3n) is 4.36. The van der Waals surface area contributed by atoms with E-state index in [1.54, 1.807) is 25.3 Å². The first-order valence-electron chi connectivity index (χ1n) is 8.64. The lowest BCUT2D eigenvalue weighted by molar-refractivity contribution is 0.0786. The maximum Gasteiger partial charge on any atom is 0.254 e. The van der Waals surface area contributed by atoms with Gasteiger partial charge in [-0.3, -0.25) is 4.79 Å². The predicted molar refractivity (Wildman–Crippen MR) is 101 cm³/mol. The summed E-state index contributed by atoms with van der Waals surface area (Å²) < 4.78 is 7.24. The van der Waals surface area contributed by atoms with Crippen molar-refractivity contribution in [3.63, 3.8) is 0 Å². The van der Waals surface area contributed by atoms with Crippen LogP contribution in [0.3, 0.4) is 0 Å². The van der Waals surface area contributed by atoms with Crippen LogP contribution in [-0.4, -0.2) is 39.7 Å². The number of carbonyl (C=O) groups excluding carboxylic acids is 1. The van der Waals surface area contributed by atoms with Crippen molar-refractivity contribution in [2.75, 3.05) is 14.2 Å². The molecule has 0 bridgehead atoms. The molecule has 0 atom stereocenters. The van der Waals surface area contributed by atoms with Gasteiger partial charge >= 0.3 is 0 Å². The van der Waals surface area contributed by atoms with Gasteiger partial charge < -0.3 is 9.64 Å². The summed E-state index contributed by atoms with van der Waals surface area (Å²) in [5.41, 5.74) is 3.13. The molecule has 3 rings (SSSR count). The van der Waals surface area contributed by atoms with E-state index in [2.05, 4.69) is 10.1 Å². The number of ether oxygens (including phenoxy) is 1. The fourth-order valence-electron chi connectivity index (χ4n) is 3.06. The number of rotatable bonds is 5. The van der Waals surface area contributed by atoms with Crippen LogP contribution in [0.15, 0.2) is 36.5 Å². The second-order valence-electron chi connectivity index (χ2n) is 6.70. The Kier molecular flexibility index (Phi) is 4.93. The third kappa shape index (κ3) is 3.27. The fourth-order valence-corrected chi connectivity index (χ4v) is 3.06. The van der Waals surface area contributed by atoms with E-state index in [0.29, 0.717) is 12.1 Å². The highest BCUT2D eigenvalue weighted by molar-refractivity contribution is 6.05. The lowest BCUT2D eigenvalue weighted by atomic mass is 10.1. The first-order valence-corrected chi connectivity index (χ1v) is 8.64. The van der Waals surface area contributed by atoms with E-state index in [1.165, 1.54) is 0 Å². The van der Waals surface area contributed by atoms with Gasteiger partial charge in [0.25, 0.3) is 5.91 Å². The van der Waals surface area contributed by atoms with Gasteiger partial charge in [-0.2, -0.15) is 5.10 Å². The first kappa shape index (κ1) is 17.9. The summed E-state index contributed by atoms with van der Waals surface area (Å²) in [6, 6.07) is 9.73. The number of methoxy groups -OCH3 is 1. The predicted octanol–water partition coefficient (Wildman–Crippen LogP) is 3.60. The zero-order chi connectivity index (χ0) is 18.8. The average Bonchev–Trinajstić information content (AvgIpc) is 3.04. The molecular formula is C20H24N4O2. The minimum atomic E-state index is -0.0605. The Morgan fingerprint density at radius 3 is 2.73 bits per heavy atom. The maximum atomic E-state index is 13.1. The van der Waals surface area contributed by atoms with Crippen molar-refractivity contribution in [2.45, 2.75) is 33.4 Å². The van der Waals surface area contributed by atoms with Crippen LogP contribution >= 0.6 is 0 Å². The van der Waals surface area contributed by atoms with Crippen LogP contribution in [0, 0.1) is 6.92 Å². The Labute approximate surface area is 153 Å². The molecule has 1 aromatic carbocycles. The van der Waals surface area contributed by atoms with Gasteiger partial charge in [-0.25, -0.2) is 9.67 Å². The van der Waals surface area contributed by atoms with Gasteiger partial charge in [0.15, 0.2) is 5.65 Å². The average molecular weight is 352 g/mol. The number of hydrogen-bond acceptors (Lipinski definition) is 4. The van der Waals surface area contributed by atoms with E-state index in [1.807, 2.05) is 55.8 Å². The van der Waals surface area contributed by atoms with Gasteiger partial charge in [-0.1, -0.05) is 18.2 Å². The summed E-state index contributed by atoms with van der Waals surface area (Å²) in [5.74, 6) is 0.713. The van der Waals surface area contributed by atoms with Crippen LogP contribution in [0.5, 0.6) is 5.75 Å². The van der Waals surface area contributed by atoms with Crippen LogP contribution in [0.25, 0.3) is 11.0 Å². The molecule has 0 spiro atoms. The number of aromatic nitrogens is 3. The molecule has 6 nitrogen and oxygen atoms in total. The summed E-state index contributed by atoms with van der Waals surface area (Å²) in [6.07, 6.45) is 1.73. The molecule has 0 aliphatic heterocycles. The largest absolute Gasteiger partial charge is 0.496 e. The number of para-hydroxylation sites is 1. The second kappa shape index (κ2) is 7.15. The summed E-state index contributed by atoms with van der Waals surface area (Å²) >= 11 is 0. The molecular weight excluding hydrogens is 328 g/mol. The third-order valence-corrected chi connectivity index (χ3v) is 4.36. The number of nitrogens with zero attached hydrogens (tertiary/aromatic N) is 4. The number of amides is 1. The molecule has 3 aromatic rings. The van der Waals surface area contributed by atoms with Gasteiger partial charge in [0.1, 0.15) is 5.75 Å². The second-order valence-corrected chi connectivity index (χ2v) is 6.70. The lowest BCUT2D eigenvalue weighted by Gasteiger charge is -2.19. The zero-order valence-corrected chi connectivity index (χ0v) is 15.9. The van der Waals surface area contributed by atoms with Crippen LogP contribution in [0.4, 0.5) is 0 Å². The van der Waals surface area contributed by atoms with Crippen molar-refractivity contribution in [3.05, 3.63) is 53.3 Å². The molecule has 26 heavy (non-hydrogen) atoms. The van der Waals surface area contributed by atoms with Gasteiger partial charge in [0.2, 0.25) is 0 Å². The van der Waals surface area contributed by atoms with Crippen molar-refractivity contribution < 1.29 is 9.53 Å². The van der Waals surface area contributed by atoms with Crippen molar-refractivity contribution in [1.29, 1.82) is 0 Å². The van der Waals surface area contributed by atoms with E-state index in [4.69, 9.17) is 4.74 Å². The molecule has 0 N–H and O–H groups in total. The smallest absolute Gasteiger partial charge is 0.254 e.